The molecule has 2 N–H and O–H groups in total. The van der Waals surface area contributed by atoms with Crippen LogP contribution in [0.4, 0.5) is 0 Å². The van der Waals surface area contributed by atoms with Crippen molar-refractivity contribution in [2.75, 3.05) is 6.54 Å². The highest BCUT2D eigenvalue weighted by atomic mass is 16.3. The van der Waals surface area contributed by atoms with Crippen LogP contribution in [0.2, 0.25) is 0 Å². The topological polar surface area (TPSA) is 52.0 Å². The Morgan fingerprint density at radius 3 is 3.08 bits per heavy atom. The first kappa shape index (κ1) is 8.26. The monoisotopic (exact) mass is 176 g/mol. The van der Waals surface area contributed by atoms with E-state index in [1.54, 1.807) is 0 Å². The summed E-state index contributed by atoms with van der Waals surface area (Å²) < 4.78 is 5.36. The van der Waals surface area contributed by atoms with Gasteiger partial charge >= 0.3 is 0 Å². The molecule has 0 aliphatic rings. The number of hydrogen-bond acceptors (Lipinski definition) is 3. The summed E-state index contributed by atoms with van der Waals surface area (Å²) in [6.45, 7) is 2.52. The second kappa shape index (κ2) is 3.18. The van der Waals surface area contributed by atoms with Gasteiger partial charge in [-0.15, -0.1) is 0 Å². The third-order valence-corrected chi connectivity index (χ3v) is 1.99. The predicted octanol–water partition coefficient (Wildman–Crippen LogP) is 1.64. The number of nitrogens with zero attached hydrogens (tertiary/aromatic N) is 1. The van der Waals surface area contributed by atoms with E-state index in [2.05, 4.69) is 4.98 Å². The molecule has 0 radical (unpaired) electrons. The minimum atomic E-state index is 0.669. The number of rotatable bonds is 2. The lowest BCUT2D eigenvalue weighted by Crippen LogP contribution is -2.02. The third-order valence-electron chi connectivity index (χ3n) is 1.99. The van der Waals surface area contributed by atoms with Crippen LogP contribution in [-0.4, -0.2) is 11.5 Å². The molecule has 2 aromatic rings. The number of nitrogens with two attached hydrogens (primary N) is 1. The minimum absolute atomic E-state index is 0.669. The van der Waals surface area contributed by atoms with Crippen molar-refractivity contribution < 1.29 is 4.42 Å². The molecule has 3 nitrogen and oxygen atoms in total. The lowest BCUT2D eigenvalue weighted by atomic mass is 10.1. The maximum Gasteiger partial charge on any atom is 0.192 e. The Labute approximate surface area is 76.6 Å². The summed E-state index contributed by atoms with van der Waals surface area (Å²) >= 11 is 0. The number of aryl methyl sites for hydroxylation is 1. The van der Waals surface area contributed by atoms with E-state index in [1.807, 2.05) is 25.1 Å². The highest BCUT2D eigenvalue weighted by Gasteiger charge is 2.01. The second-order valence-corrected chi connectivity index (χ2v) is 3.07. The van der Waals surface area contributed by atoms with E-state index in [1.165, 1.54) is 5.56 Å². The Morgan fingerprint density at radius 1 is 1.46 bits per heavy atom. The van der Waals surface area contributed by atoms with Crippen molar-refractivity contribution in [3.8, 4) is 0 Å². The van der Waals surface area contributed by atoms with Crippen LogP contribution in [-0.2, 0) is 6.42 Å². The fraction of sp³-hybridized carbons (Fsp3) is 0.300. The van der Waals surface area contributed by atoms with E-state index < -0.39 is 0 Å². The maximum absolute atomic E-state index is 5.47. The fourth-order valence-electron chi connectivity index (χ4n) is 1.41. The molecular formula is C10H12N2O. The molecule has 13 heavy (non-hydrogen) atoms. The normalized spacial score (nSPS) is 10.9. The third kappa shape index (κ3) is 1.55. The smallest absolute Gasteiger partial charge is 0.192 e. The van der Waals surface area contributed by atoms with Crippen molar-refractivity contribution in [3.63, 3.8) is 0 Å². The van der Waals surface area contributed by atoms with Crippen molar-refractivity contribution in [3.05, 3.63) is 29.7 Å². The van der Waals surface area contributed by atoms with Gasteiger partial charge < -0.3 is 10.2 Å². The van der Waals surface area contributed by atoms with Gasteiger partial charge in [0.05, 0.1) is 0 Å². The van der Waals surface area contributed by atoms with Gasteiger partial charge in [-0.3, -0.25) is 0 Å². The van der Waals surface area contributed by atoms with Gasteiger partial charge in [0.2, 0.25) is 0 Å². The fourth-order valence-corrected chi connectivity index (χ4v) is 1.41. The first-order valence-corrected chi connectivity index (χ1v) is 4.36. The highest BCUT2D eigenvalue weighted by Crippen LogP contribution is 2.16. The molecule has 1 heterocycles. The van der Waals surface area contributed by atoms with Crippen molar-refractivity contribution >= 4 is 11.1 Å². The summed E-state index contributed by atoms with van der Waals surface area (Å²) in [6, 6.07) is 6.00. The number of hydrogen-bond donors (Lipinski definition) is 1. The van der Waals surface area contributed by atoms with E-state index in [9.17, 15) is 0 Å². The molecule has 0 bridgehead atoms. The Morgan fingerprint density at radius 2 is 2.31 bits per heavy atom. The van der Waals surface area contributed by atoms with E-state index >= 15 is 0 Å². The number of oxazole rings is 1. The summed E-state index contributed by atoms with van der Waals surface area (Å²) in [5.41, 5.74) is 8.44. The molecular weight excluding hydrogens is 164 g/mol. The average molecular weight is 176 g/mol. The number of aromatic nitrogens is 1. The van der Waals surface area contributed by atoms with Crippen LogP contribution >= 0.6 is 0 Å². The zero-order chi connectivity index (χ0) is 9.26. The van der Waals surface area contributed by atoms with Gasteiger partial charge in [-0.2, -0.15) is 0 Å². The second-order valence-electron chi connectivity index (χ2n) is 3.07. The standard InChI is InChI=1S/C10H12N2O/c1-7-12-9-6-8(4-5-11)2-3-10(9)13-7/h2-3,6H,4-5,11H2,1H3. The van der Waals surface area contributed by atoms with E-state index in [4.69, 9.17) is 10.2 Å². The molecule has 0 atom stereocenters. The molecule has 0 saturated carbocycles. The average Bonchev–Trinajstić information content (AvgIpc) is 2.44. The van der Waals surface area contributed by atoms with Crippen LogP contribution in [0.5, 0.6) is 0 Å². The van der Waals surface area contributed by atoms with Crippen LogP contribution in [0, 0.1) is 6.92 Å². The quantitative estimate of drug-likeness (QED) is 0.756. The van der Waals surface area contributed by atoms with Crippen molar-refractivity contribution in [1.29, 1.82) is 0 Å². The van der Waals surface area contributed by atoms with Crippen LogP contribution < -0.4 is 5.73 Å². The minimum Gasteiger partial charge on any atom is -0.441 e. The predicted molar refractivity (Wildman–Crippen MR) is 51.5 cm³/mol. The van der Waals surface area contributed by atoms with Gasteiger partial charge in [0.1, 0.15) is 5.52 Å². The van der Waals surface area contributed by atoms with E-state index in [0.29, 0.717) is 12.4 Å². The molecule has 1 aromatic carbocycles. The van der Waals surface area contributed by atoms with Crippen LogP contribution in [0.15, 0.2) is 22.6 Å². The molecule has 0 aliphatic heterocycles. The first-order chi connectivity index (χ1) is 6.29. The lowest BCUT2D eigenvalue weighted by molar-refractivity contribution is 0.561. The largest absolute Gasteiger partial charge is 0.441 e. The zero-order valence-corrected chi connectivity index (χ0v) is 7.58. The van der Waals surface area contributed by atoms with Crippen LogP contribution in [0.25, 0.3) is 11.1 Å². The number of benzene rings is 1. The molecule has 68 valence electrons. The molecule has 0 amide bonds. The van der Waals surface area contributed by atoms with Gasteiger partial charge in [-0.1, -0.05) is 6.07 Å². The van der Waals surface area contributed by atoms with E-state index in [0.717, 1.165) is 17.5 Å². The van der Waals surface area contributed by atoms with Gasteiger partial charge in [0.25, 0.3) is 0 Å². The Hall–Kier alpha value is -1.35. The van der Waals surface area contributed by atoms with Gasteiger partial charge in [-0.05, 0) is 30.7 Å². The molecule has 0 saturated heterocycles. The van der Waals surface area contributed by atoms with Crippen molar-refractivity contribution in [2.24, 2.45) is 5.73 Å². The first-order valence-electron chi connectivity index (χ1n) is 4.36. The summed E-state index contributed by atoms with van der Waals surface area (Å²) in [6.07, 6.45) is 0.891. The van der Waals surface area contributed by atoms with Gasteiger partial charge in [-0.25, -0.2) is 4.98 Å². The Bertz CT molecular complexity index is 420. The summed E-state index contributed by atoms with van der Waals surface area (Å²) in [5.74, 6) is 0.708. The molecule has 0 aliphatic carbocycles. The Balaban J connectivity index is 2.48. The maximum atomic E-state index is 5.47. The van der Waals surface area contributed by atoms with E-state index in [-0.39, 0.29) is 0 Å². The molecule has 3 heteroatoms. The highest BCUT2D eigenvalue weighted by molar-refractivity contribution is 5.73. The van der Waals surface area contributed by atoms with Gasteiger partial charge in [0.15, 0.2) is 11.5 Å². The zero-order valence-electron chi connectivity index (χ0n) is 7.58. The molecule has 0 fully saturated rings. The van der Waals surface area contributed by atoms with Crippen molar-refractivity contribution in [1.82, 2.24) is 4.98 Å². The molecule has 1 aromatic heterocycles. The van der Waals surface area contributed by atoms with Crippen LogP contribution in [0.3, 0.4) is 0 Å². The molecule has 2 rings (SSSR count). The van der Waals surface area contributed by atoms with Crippen molar-refractivity contribution in [2.45, 2.75) is 13.3 Å². The SMILES string of the molecule is Cc1nc2cc(CCN)ccc2o1. The van der Waals surface area contributed by atoms with Crippen LogP contribution in [0.1, 0.15) is 11.5 Å². The molecule has 0 spiro atoms. The van der Waals surface area contributed by atoms with Gasteiger partial charge in [0, 0.05) is 6.92 Å². The Kier molecular flexibility index (Phi) is 2.02. The summed E-state index contributed by atoms with van der Waals surface area (Å²) in [7, 11) is 0. The molecule has 0 unspecified atom stereocenters. The number of fused-ring (bicyclic) bond motifs is 1. The summed E-state index contributed by atoms with van der Waals surface area (Å²) in [4.78, 5) is 4.25. The lowest BCUT2D eigenvalue weighted by Gasteiger charge is -1.95. The summed E-state index contributed by atoms with van der Waals surface area (Å²) in [5, 5.41) is 0.